The minimum Gasteiger partial charge on any atom is -0.508 e. The predicted octanol–water partition coefficient (Wildman–Crippen LogP) is -0.493. The molecule has 0 radical (unpaired) electrons. The number of carbonyl (C=O) groups excluding carboxylic acids is 7. The largest absolute Gasteiger partial charge is 0.508 e. The minimum atomic E-state index is -1.68. The Bertz CT molecular complexity index is 1790. The maximum atomic E-state index is 13.9. The van der Waals surface area contributed by atoms with Gasteiger partial charge in [0.05, 0.1) is 19.0 Å². The second-order valence-corrected chi connectivity index (χ2v) is 15.6. The normalized spacial score (nSPS) is 17.6. The van der Waals surface area contributed by atoms with Crippen LogP contribution in [0.2, 0.25) is 0 Å². The van der Waals surface area contributed by atoms with Crippen molar-refractivity contribution in [3.05, 3.63) is 65.7 Å². The van der Waals surface area contributed by atoms with Gasteiger partial charge in [0.25, 0.3) is 0 Å². The molecule has 1 aliphatic rings. The number of carbonyl (C=O) groups is 8. The molecule has 322 valence electrons. The Kier molecular flexibility index (Phi) is 18.3. The molecule has 0 saturated heterocycles. The molecule has 1 aliphatic carbocycles. The molecule has 0 heterocycles. The Balaban J connectivity index is 1.73. The molecule has 7 atom stereocenters. The van der Waals surface area contributed by atoms with Crippen LogP contribution < -0.4 is 43.4 Å². The number of hydrogen-bond acceptors (Lipinski definition) is 10. The number of carboxylic acid groups (broad SMARTS) is 1. The highest BCUT2D eigenvalue weighted by Gasteiger charge is 2.36. The maximum absolute atomic E-state index is 13.9. The van der Waals surface area contributed by atoms with Crippen LogP contribution in [0.3, 0.4) is 0 Å². The summed E-state index contributed by atoms with van der Waals surface area (Å²) in [6.07, 6.45) is 1.33. The first-order chi connectivity index (χ1) is 27.8. The highest BCUT2D eigenvalue weighted by atomic mass is 16.4. The zero-order valence-electron chi connectivity index (χ0n) is 33.9. The smallest absolute Gasteiger partial charge is 0.305 e. The number of primary amides is 1. The van der Waals surface area contributed by atoms with Crippen molar-refractivity contribution in [1.29, 1.82) is 0 Å². The van der Waals surface area contributed by atoms with Crippen LogP contribution in [-0.4, -0.2) is 100 Å². The van der Waals surface area contributed by atoms with Crippen LogP contribution in [0.25, 0.3) is 0 Å². The molecular formula is C41H58N8O10. The first-order valence-corrected chi connectivity index (χ1v) is 19.7. The molecule has 7 amide bonds. The van der Waals surface area contributed by atoms with E-state index in [0.29, 0.717) is 24.8 Å². The van der Waals surface area contributed by atoms with Crippen molar-refractivity contribution >= 4 is 47.3 Å². The lowest BCUT2D eigenvalue weighted by atomic mass is 9.84. The Hall–Kier alpha value is -6.04. The number of nitrogens with two attached hydrogens (primary N) is 2. The van der Waals surface area contributed by atoms with Gasteiger partial charge in [-0.3, -0.25) is 38.4 Å². The van der Waals surface area contributed by atoms with Crippen LogP contribution >= 0.6 is 0 Å². The van der Waals surface area contributed by atoms with E-state index in [1.165, 1.54) is 12.1 Å². The van der Waals surface area contributed by atoms with Crippen LogP contribution in [0.1, 0.15) is 70.9 Å². The average Bonchev–Trinajstić information content (AvgIpc) is 3.18. The Morgan fingerprint density at radius 1 is 0.695 bits per heavy atom. The number of benzene rings is 2. The molecule has 0 aromatic heterocycles. The van der Waals surface area contributed by atoms with Gasteiger partial charge in [-0.1, -0.05) is 76.6 Å². The van der Waals surface area contributed by atoms with E-state index in [1.807, 2.05) is 0 Å². The van der Waals surface area contributed by atoms with Gasteiger partial charge in [0.15, 0.2) is 0 Å². The highest BCUT2D eigenvalue weighted by Crippen LogP contribution is 2.25. The Morgan fingerprint density at radius 3 is 1.86 bits per heavy atom. The van der Waals surface area contributed by atoms with Crippen LogP contribution in [0.4, 0.5) is 0 Å². The van der Waals surface area contributed by atoms with Crippen LogP contribution in [-0.2, 0) is 51.2 Å². The van der Waals surface area contributed by atoms with E-state index >= 15 is 0 Å². The first-order valence-electron chi connectivity index (χ1n) is 19.7. The van der Waals surface area contributed by atoms with Crippen LogP contribution in [0, 0.1) is 17.8 Å². The summed E-state index contributed by atoms with van der Waals surface area (Å²) in [5.74, 6) is -7.86. The summed E-state index contributed by atoms with van der Waals surface area (Å²) in [7, 11) is 0. The van der Waals surface area contributed by atoms with Crippen molar-refractivity contribution in [3.8, 4) is 5.75 Å². The maximum Gasteiger partial charge on any atom is 0.305 e. The van der Waals surface area contributed by atoms with Gasteiger partial charge >= 0.3 is 5.97 Å². The number of carboxylic acids is 1. The van der Waals surface area contributed by atoms with E-state index < -0.39 is 108 Å². The molecule has 3 rings (SSSR count). The van der Waals surface area contributed by atoms with Gasteiger partial charge in [-0.15, -0.1) is 0 Å². The second-order valence-electron chi connectivity index (χ2n) is 15.6. The molecule has 59 heavy (non-hydrogen) atoms. The molecule has 1 saturated carbocycles. The summed E-state index contributed by atoms with van der Waals surface area (Å²) in [5.41, 5.74) is 12.7. The van der Waals surface area contributed by atoms with Crippen molar-refractivity contribution in [2.24, 2.45) is 29.2 Å². The molecule has 0 aliphatic heterocycles. The van der Waals surface area contributed by atoms with Crippen molar-refractivity contribution in [2.45, 2.75) is 109 Å². The minimum absolute atomic E-state index is 0.00967. The zero-order valence-corrected chi connectivity index (χ0v) is 33.9. The molecule has 12 N–H and O–H groups in total. The predicted molar refractivity (Wildman–Crippen MR) is 216 cm³/mol. The standard InChI is InChI=1S/C41H58N8O10/c1-22(2)34(40(58)44-21-32(43)51)49-41(59)35(23(3)4)48-39(57)31(20-33(52)53)47-38(56)30(18-24-9-6-5-7-10-24)46-36(54)26-11-8-12-27(19-26)45-37(55)29(42)17-25-13-15-28(50)16-14-25/h5-7,9-10,13-16,22-23,26-27,29-31,34-35,50H,8,11-12,17-21,42H2,1-4H3,(H2,43,51)(H,44,58)(H,45,55)(H,46,54)(H,47,56)(H,48,57)(H,49,59)(H,52,53)/t26-,27+,29-,30-,31-,34-,35-/m0/s1. The molecule has 2 aromatic rings. The van der Waals surface area contributed by atoms with Gasteiger partial charge in [0.2, 0.25) is 41.4 Å². The average molecular weight is 823 g/mol. The summed E-state index contributed by atoms with van der Waals surface area (Å²) < 4.78 is 0. The van der Waals surface area contributed by atoms with E-state index in [2.05, 4.69) is 31.9 Å². The zero-order chi connectivity index (χ0) is 43.8. The lowest BCUT2D eigenvalue weighted by molar-refractivity contribution is -0.142. The third kappa shape index (κ3) is 15.7. The lowest BCUT2D eigenvalue weighted by Crippen LogP contribution is -2.60. The van der Waals surface area contributed by atoms with E-state index in [9.17, 15) is 48.6 Å². The molecule has 18 heteroatoms. The molecule has 1 fully saturated rings. The topological polar surface area (TPSA) is 301 Å². The van der Waals surface area contributed by atoms with Gasteiger partial charge in [-0.25, -0.2) is 0 Å². The third-order valence-corrected chi connectivity index (χ3v) is 9.98. The van der Waals surface area contributed by atoms with E-state index in [0.717, 1.165) is 5.56 Å². The van der Waals surface area contributed by atoms with Crippen molar-refractivity contribution < 1.29 is 48.6 Å². The molecule has 0 bridgehead atoms. The fraction of sp³-hybridized carbons (Fsp3) is 0.512. The molecular weight excluding hydrogens is 764 g/mol. The van der Waals surface area contributed by atoms with Crippen molar-refractivity contribution in [1.82, 2.24) is 31.9 Å². The van der Waals surface area contributed by atoms with Gasteiger partial charge in [0.1, 0.15) is 29.9 Å². The summed E-state index contributed by atoms with van der Waals surface area (Å²) in [6.45, 7) is 6.09. The third-order valence-electron chi connectivity index (χ3n) is 9.98. The SMILES string of the molecule is CC(C)[C@H](NC(=O)[C@H](CC(=O)O)NC(=O)[C@H](Cc1ccccc1)NC(=O)[C@H]1CCC[C@@H](NC(=O)[C@@H](N)Cc2ccc(O)cc2)C1)C(=O)N[C@H](C(=O)NCC(N)=O)C(C)C. The van der Waals surface area contributed by atoms with Crippen LogP contribution in [0.15, 0.2) is 54.6 Å². The Morgan fingerprint density at radius 2 is 1.27 bits per heavy atom. The molecule has 2 aromatic carbocycles. The molecule has 0 spiro atoms. The number of phenols is 1. The van der Waals surface area contributed by atoms with E-state index in [4.69, 9.17) is 11.5 Å². The number of rotatable bonds is 21. The lowest BCUT2D eigenvalue weighted by Gasteiger charge is -2.31. The number of aromatic hydroxyl groups is 1. The fourth-order valence-electron chi connectivity index (χ4n) is 6.70. The number of amides is 7. The number of nitrogens with one attached hydrogen (secondary N) is 6. The molecule has 0 unspecified atom stereocenters. The van der Waals surface area contributed by atoms with E-state index in [-0.39, 0.29) is 31.1 Å². The number of hydrogen-bond donors (Lipinski definition) is 10. The van der Waals surface area contributed by atoms with Gasteiger partial charge in [-0.2, -0.15) is 0 Å². The van der Waals surface area contributed by atoms with Crippen LogP contribution in [0.5, 0.6) is 5.75 Å². The van der Waals surface area contributed by atoms with E-state index in [1.54, 1.807) is 70.2 Å². The van der Waals surface area contributed by atoms with Gasteiger partial charge in [-0.05, 0) is 60.8 Å². The van der Waals surface area contributed by atoms with Gasteiger partial charge in [0, 0.05) is 18.4 Å². The fourth-order valence-corrected chi connectivity index (χ4v) is 6.70. The van der Waals surface area contributed by atoms with Gasteiger partial charge < -0.3 is 53.6 Å². The highest BCUT2D eigenvalue weighted by molar-refractivity contribution is 5.97. The summed E-state index contributed by atoms with van der Waals surface area (Å²) in [4.78, 5) is 104. The second kappa shape index (κ2) is 22.8. The molecule has 18 nitrogen and oxygen atoms in total. The van der Waals surface area contributed by atoms with Crippen molar-refractivity contribution in [2.75, 3.05) is 6.54 Å². The monoisotopic (exact) mass is 822 g/mol. The summed E-state index contributed by atoms with van der Waals surface area (Å²) in [5, 5.41) is 34.9. The number of aliphatic carboxylic acids is 1. The summed E-state index contributed by atoms with van der Waals surface area (Å²) in [6, 6.07) is 8.56. The first kappa shape index (κ1) is 47.3. The Labute approximate surface area is 343 Å². The summed E-state index contributed by atoms with van der Waals surface area (Å²) >= 11 is 0. The van der Waals surface area contributed by atoms with Crippen molar-refractivity contribution in [3.63, 3.8) is 0 Å². The quantitative estimate of drug-likeness (QED) is 0.0766. The number of phenolic OH excluding ortho intramolecular Hbond substituents is 1.